The van der Waals surface area contributed by atoms with Crippen molar-refractivity contribution in [3.8, 4) is 44.6 Å². The number of allylic oxidation sites excluding steroid dienone is 4. The van der Waals surface area contributed by atoms with Gasteiger partial charge in [0.15, 0.2) is 0 Å². The van der Waals surface area contributed by atoms with Crippen molar-refractivity contribution in [1.29, 1.82) is 0 Å². The summed E-state index contributed by atoms with van der Waals surface area (Å²) in [6, 6.07) is 70.4. The molecule has 9 aromatic rings. The summed E-state index contributed by atoms with van der Waals surface area (Å²) in [7, 11) is 2.17. The summed E-state index contributed by atoms with van der Waals surface area (Å²) in [6.07, 6.45) is 8.87. The van der Waals surface area contributed by atoms with Gasteiger partial charge in [0.2, 0.25) is 0 Å². The van der Waals surface area contributed by atoms with Crippen molar-refractivity contribution in [1.82, 2.24) is 15.2 Å². The lowest BCUT2D eigenvalue weighted by Gasteiger charge is -2.39. The van der Waals surface area contributed by atoms with Crippen LogP contribution >= 0.6 is 0 Å². The average molecular weight is 851 g/mol. The Bertz CT molecular complexity index is 3400. The molecule has 12 rings (SSSR count). The lowest BCUT2D eigenvalue weighted by atomic mass is 9.74. The van der Waals surface area contributed by atoms with Crippen molar-refractivity contribution in [2.24, 2.45) is 10.9 Å². The van der Waals surface area contributed by atoms with Crippen molar-refractivity contribution >= 4 is 27.5 Å². The third-order valence-electron chi connectivity index (χ3n) is 14.5. The molecule has 66 heavy (non-hydrogen) atoms. The van der Waals surface area contributed by atoms with E-state index in [1.807, 2.05) is 0 Å². The summed E-state index contributed by atoms with van der Waals surface area (Å²) >= 11 is 0. The topological polar surface area (TPSA) is 40.5 Å². The number of fused-ring (bicyclic) bond motifs is 6. The van der Waals surface area contributed by atoms with Crippen molar-refractivity contribution in [2.75, 3.05) is 7.05 Å². The Morgan fingerprint density at radius 1 is 0.515 bits per heavy atom. The molecule has 4 unspecified atom stereocenters. The molecule has 4 atom stereocenters. The highest BCUT2D eigenvalue weighted by Gasteiger charge is 2.44. The predicted octanol–water partition coefficient (Wildman–Crippen LogP) is 14.9. The number of aromatic nitrogens is 1. The van der Waals surface area contributed by atoms with Gasteiger partial charge >= 0.3 is 0 Å². The Labute approximate surface area is 387 Å². The van der Waals surface area contributed by atoms with Crippen LogP contribution in [0.3, 0.4) is 0 Å². The molecule has 8 aromatic carbocycles. The van der Waals surface area contributed by atoms with Crippen molar-refractivity contribution in [3.05, 3.63) is 246 Å². The molecule has 2 aliphatic carbocycles. The largest absolute Gasteiger partial charge is 0.350 e. The van der Waals surface area contributed by atoms with Gasteiger partial charge in [-0.15, -0.1) is 0 Å². The number of para-hydroxylation sites is 1. The highest BCUT2D eigenvalue weighted by atomic mass is 15.4. The highest BCUT2D eigenvalue weighted by molar-refractivity contribution is 6.17. The molecule has 0 spiro atoms. The van der Waals surface area contributed by atoms with Crippen molar-refractivity contribution < 1.29 is 0 Å². The van der Waals surface area contributed by atoms with E-state index in [9.17, 15) is 0 Å². The monoisotopic (exact) mass is 850 g/mol. The van der Waals surface area contributed by atoms with E-state index in [-0.39, 0.29) is 17.7 Å². The Kier molecular flexibility index (Phi) is 9.73. The summed E-state index contributed by atoms with van der Waals surface area (Å²) in [5.74, 6) is 1.82. The highest BCUT2D eigenvalue weighted by Crippen LogP contribution is 2.53. The van der Waals surface area contributed by atoms with Gasteiger partial charge in [0.05, 0.1) is 11.2 Å². The minimum Gasteiger partial charge on any atom is -0.350 e. The molecule has 4 nitrogen and oxygen atoms in total. The van der Waals surface area contributed by atoms with Gasteiger partial charge in [-0.2, -0.15) is 0 Å². The average Bonchev–Trinajstić information content (AvgIpc) is 3.61. The number of benzene rings is 8. The normalized spacial score (nSPS) is 19.6. The van der Waals surface area contributed by atoms with Crippen LogP contribution in [-0.4, -0.2) is 22.8 Å². The van der Waals surface area contributed by atoms with Crippen LogP contribution < -0.4 is 5.32 Å². The van der Waals surface area contributed by atoms with Crippen LogP contribution in [0.25, 0.3) is 66.3 Å². The summed E-state index contributed by atoms with van der Waals surface area (Å²) in [4.78, 5) is 13.0. The summed E-state index contributed by atoms with van der Waals surface area (Å²) < 4.78 is 0. The van der Waals surface area contributed by atoms with Gasteiger partial charge in [-0.3, -0.25) is 4.90 Å². The van der Waals surface area contributed by atoms with Crippen molar-refractivity contribution in [3.63, 3.8) is 0 Å². The van der Waals surface area contributed by atoms with E-state index in [0.717, 1.165) is 55.6 Å². The van der Waals surface area contributed by atoms with Crippen molar-refractivity contribution in [2.45, 2.75) is 37.5 Å². The number of hydrogen-bond acceptors (Lipinski definition) is 4. The maximum atomic E-state index is 5.50. The maximum Gasteiger partial charge on any atom is 0.132 e. The van der Waals surface area contributed by atoms with E-state index in [0.29, 0.717) is 11.8 Å². The Morgan fingerprint density at radius 3 is 1.97 bits per heavy atom. The first-order chi connectivity index (χ1) is 32.4. The number of hydrogen-bond donors (Lipinski definition) is 1. The van der Waals surface area contributed by atoms with E-state index in [1.165, 1.54) is 44.3 Å². The molecule has 4 heteroatoms. The van der Waals surface area contributed by atoms with Crippen LogP contribution in [0.5, 0.6) is 0 Å². The third-order valence-corrected chi connectivity index (χ3v) is 14.5. The third kappa shape index (κ3) is 6.80. The minimum atomic E-state index is -0.229. The predicted molar refractivity (Wildman–Crippen MR) is 274 cm³/mol. The fraction of sp³-hybridized carbons (Fsp3) is 0.129. The van der Waals surface area contributed by atoms with Crippen LogP contribution in [0, 0.1) is 5.92 Å². The van der Waals surface area contributed by atoms with Crippen LogP contribution in [0.1, 0.15) is 59.9 Å². The van der Waals surface area contributed by atoms with Gasteiger partial charge in [0.25, 0.3) is 0 Å². The van der Waals surface area contributed by atoms with Gasteiger partial charge in [-0.1, -0.05) is 214 Å². The number of pyridine rings is 1. The fourth-order valence-corrected chi connectivity index (χ4v) is 11.0. The Hall–Kier alpha value is -7.66. The molecule has 0 amide bonds. The van der Waals surface area contributed by atoms with Gasteiger partial charge in [-0.05, 0) is 92.2 Å². The smallest absolute Gasteiger partial charge is 0.132 e. The van der Waals surface area contributed by atoms with E-state index >= 15 is 0 Å². The van der Waals surface area contributed by atoms with Gasteiger partial charge < -0.3 is 5.32 Å². The molecule has 318 valence electrons. The number of amidine groups is 1. The lowest BCUT2D eigenvalue weighted by molar-refractivity contribution is 0.152. The van der Waals surface area contributed by atoms with Crippen LogP contribution in [0.4, 0.5) is 0 Å². The molecule has 0 bridgehead atoms. The second-order valence-electron chi connectivity index (χ2n) is 18.7. The second kappa shape index (κ2) is 16.1. The molecule has 2 heterocycles. The van der Waals surface area contributed by atoms with Gasteiger partial charge in [-0.25, -0.2) is 9.98 Å². The van der Waals surface area contributed by atoms with E-state index in [4.69, 9.17) is 9.98 Å². The molecule has 0 saturated carbocycles. The molecular formula is C62H50N4. The quantitative estimate of drug-likeness (QED) is 0.162. The molecule has 0 radical (unpaired) electrons. The zero-order chi connectivity index (χ0) is 44.4. The number of rotatable bonds is 7. The maximum absolute atomic E-state index is 5.50. The van der Waals surface area contributed by atoms with E-state index < -0.39 is 0 Å². The molecule has 1 aliphatic heterocycles. The standard InChI is InChI=1S/C62H50N4/c1-62(2)54-29-12-10-25-50(54)51-36-35-46(39-55(51)62)40-31-33-42(34-32-40)59-64-60(43-19-8-5-9-20-43)66(3)61(65-59)48-24-15-22-45(38-48)44-21-14-23-47(37-44)49-27-16-28-53-57(49)52-26-11-13-30-56(52)63-58(53)41-17-6-4-7-18-41/h4-39,50,54,60-61H,1-3H3,(H,64,65). The molecule has 0 fully saturated rings. The molecular weight excluding hydrogens is 801 g/mol. The number of nitrogens with one attached hydrogen (secondary N) is 1. The summed E-state index contributed by atoms with van der Waals surface area (Å²) in [5, 5.41) is 7.36. The number of aliphatic imine (C=N–C) groups is 1. The van der Waals surface area contributed by atoms with Gasteiger partial charge in [0, 0.05) is 33.2 Å². The minimum absolute atomic E-state index is 0.0722. The first-order valence-corrected chi connectivity index (χ1v) is 23.2. The summed E-state index contributed by atoms with van der Waals surface area (Å²) in [5.41, 5.74) is 16.6. The Morgan fingerprint density at radius 2 is 1.14 bits per heavy atom. The van der Waals surface area contributed by atoms with Crippen LogP contribution in [-0.2, 0) is 5.41 Å². The first-order valence-electron chi connectivity index (χ1n) is 23.2. The zero-order valence-electron chi connectivity index (χ0n) is 37.4. The van der Waals surface area contributed by atoms with E-state index in [1.54, 1.807) is 0 Å². The summed E-state index contributed by atoms with van der Waals surface area (Å²) in [6.45, 7) is 4.80. The first kappa shape index (κ1) is 39.9. The fourth-order valence-electron chi connectivity index (χ4n) is 11.0. The van der Waals surface area contributed by atoms with Gasteiger partial charge in [0.1, 0.15) is 18.2 Å². The van der Waals surface area contributed by atoms with Crippen LogP contribution in [0.15, 0.2) is 223 Å². The molecule has 1 aromatic heterocycles. The number of nitrogens with zero attached hydrogens (tertiary/aromatic N) is 3. The van der Waals surface area contributed by atoms with E-state index in [2.05, 4.69) is 250 Å². The Balaban J connectivity index is 0.901. The molecule has 3 aliphatic rings. The molecule has 0 saturated heterocycles. The lowest BCUT2D eigenvalue weighted by Crippen LogP contribution is -2.45. The van der Waals surface area contributed by atoms with Crippen LogP contribution in [0.2, 0.25) is 0 Å². The second-order valence-corrected chi connectivity index (χ2v) is 18.7. The SMILES string of the molecule is CN1C(c2cccc(-c3cccc(-c4cccc5c(-c6ccccc6)nc6ccccc6c45)c3)c2)N=C(c2ccc(-c3ccc4c(c3)C(C)(C)C3C=CC=CC43)cc2)NC1c1ccccc1. The zero-order valence-corrected chi connectivity index (χ0v) is 37.4. The molecule has 1 N–H and O–H groups in total.